The van der Waals surface area contributed by atoms with E-state index in [-0.39, 0.29) is 47.9 Å². The van der Waals surface area contributed by atoms with Gasteiger partial charge in [-0.05, 0) is 86.3 Å². The standard InChI is InChI=1S/C31H31F5O4/c1-3-5-16-39-26-15-13-23(28(34)30(26)36)31(37)40-20-10-11-21(24(32)17-20)18-6-8-19(9-7-18)22-12-14-25(38-4-2)29(35)27(22)33/h10-15,17-19H,3-9,16H2,1-2H3. The van der Waals surface area contributed by atoms with Crippen LogP contribution in [0.2, 0.25) is 0 Å². The predicted octanol–water partition coefficient (Wildman–Crippen LogP) is 8.62. The van der Waals surface area contributed by atoms with E-state index < -0.39 is 40.6 Å². The molecule has 0 saturated heterocycles. The Kier molecular flexibility index (Phi) is 9.66. The molecule has 0 aliphatic heterocycles. The fourth-order valence-corrected chi connectivity index (χ4v) is 5.04. The molecule has 1 aliphatic rings. The van der Waals surface area contributed by atoms with Gasteiger partial charge in [0, 0.05) is 6.07 Å². The number of benzene rings is 3. The van der Waals surface area contributed by atoms with Crippen LogP contribution in [0.3, 0.4) is 0 Å². The molecule has 1 aliphatic carbocycles. The van der Waals surface area contributed by atoms with E-state index in [1.807, 2.05) is 6.92 Å². The van der Waals surface area contributed by atoms with Crippen molar-refractivity contribution in [2.24, 2.45) is 0 Å². The van der Waals surface area contributed by atoms with Gasteiger partial charge in [-0.1, -0.05) is 25.5 Å². The smallest absolute Gasteiger partial charge is 0.346 e. The second kappa shape index (κ2) is 13.2. The molecule has 0 aromatic heterocycles. The van der Waals surface area contributed by atoms with Crippen molar-refractivity contribution in [1.82, 2.24) is 0 Å². The fraction of sp³-hybridized carbons (Fsp3) is 0.387. The molecular weight excluding hydrogens is 531 g/mol. The maximum Gasteiger partial charge on any atom is 0.346 e. The summed E-state index contributed by atoms with van der Waals surface area (Å²) in [4.78, 5) is 12.5. The lowest BCUT2D eigenvalue weighted by atomic mass is 9.76. The topological polar surface area (TPSA) is 44.8 Å². The molecule has 214 valence electrons. The first-order valence-corrected chi connectivity index (χ1v) is 13.5. The lowest BCUT2D eigenvalue weighted by Crippen LogP contribution is -2.15. The Hall–Kier alpha value is -3.62. The van der Waals surface area contributed by atoms with Crippen LogP contribution in [0.25, 0.3) is 0 Å². The summed E-state index contributed by atoms with van der Waals surface area (Å²) in [5.74, 6) is -7.36. The van der Waals surface area contributed by atoms with Crippen LogP contribution in [0.5, 0.6) is 17.2 Å². The molecule has 1 saturated carbocycles. The minimum absolute atomic E-state index is 0.124. The molecule has 40 heavy (non-hydrogen) atoms. The first kappa shape index (κ1) is 29.4. The van der Waals surface area contributed by atoms with Crippen molar-refractivity contribution in [3.63, 3.8) is 0 Å². The Balaban J connectivity index is 1.39. The van der Waals surface area contributed by atoms with Gasteiger partial charge in [0.2, 0.25) is 11.6 Å². The molecule has 0 N–H and O–H groups in total. The highest BCUT2D eigenvalue weighted by molar-refractivity contribution is 5.91. The third-order valence-electron chi connectivity index (χ3n) is 7.19. The van der Waals surface area contributed by atoms with Crippen molar-refractivity contribution in [2.75, 3.05) is 13.2 Å². The van der Waals surface area contributed by atoms with Gasteiger partial charge < -0.3 is 14.2 Å². The average Bonchev–Trinajstić information content (AvgIpc) is 2.94. The van der Waals surface area contributed by atoms with Crippen molar-refractivity contribution in [3.05, 3.63) is 88.2 Å². The summed E-state index contributed by atoms with van der Waals surface area (Å²) < 4.78 is 88.2. The minimum atomic E-state index is -1.41. The van der Waals surface area contributed by atoms with Gasteiger partial charge in [-0.25, -0.2) is 18.0 Å². The van der Waals surface area contributed by atoms with Crippen LogP contribution in [0.1, 0.15) is 85.7 Å². The number of hydrogen-bond acceptors (Lipinski definition) is 4. The van der Waals surface area contributed by atoms with Crippen molar-refractivity contribution < 1.29 is 41.0 Å². The summed E-state index contributed by atoms with van der Waals surface area (Å²) in [6.45, 7) is 4.05. The molecule has 0 radical (unpaired) electrons. The Morgan fingerprint density at radius 1 is 0.750 bits per heavy atom. The maximum absolute atomic E-state index is 15.0. The second-order valence-electron chi connectivity index (χ2n) is 9.78. The number of carbonyl (C=O) groups is 1. The van der Waals surface area contributed by atoms with E-state index in [1.54, 1.807) is 13.0 Å². The highest BCUT2D eigenvalue weighted by Crippen LogP contribution is 2.43. The number of ether oxygens (including phenoxy) is 3. The molecule has 0 heterocycles. The van der Waals surface area contributed by atoms with Crippen LogP contribution < -0.4 is 14.2 Å². The van der Waals surface area contributed by atoms with Gasteiger partial charge in [0.15, 0.2) is 23.1 Å². The zero-order valence-electron chi connectivity index (χ0n) is 22.4. The van der Waals surface area contributed by atoms with E-state index >= 15 is 4.39 Å². The fourth-order valence-electron chi connectivity index (χ4n) is 5.04. The monoisotopic (exact) mass is 562 g/mol. The van der Waals surface area contributed by atoms with Gasteiger partial charge in [0.1, 0.15) is 11.6 Å². The molecule has 3 aromatic carbocycles. The van der Waals surface area contributed by atoms with Crippen LogP contribution in [-0.2, 0) is 0 Å². The van der Waals surface area contributed by atoms with Gasteiger partial charge in [0.25, 0.3) is 0 Å². The summed E-state index contributed by atoms with van der Waals surface area (Å²) in [7, 11) is 0. The number of carbonyl (C=O) groups excluding carboxylic acids is 1. The summed E-state index contributed by atoms with van der Waals surface area (Å²) in [6, 6.07) is 9.08. The third-order valence-corrected chi connectivity index (χ3v) is 7.19. The van der Waals surface area contributed by atoms with Crippen molar-refractivity contribution >= 4 is 5.97 Å². The zero-order valence-corrected chi connectivity index (χ0v) is 22.4. The van der Waals surface area contributed by atoms with Crippen molar-refractivity contribution in [2.45, 2.75) is 64.2 Å². The van der Waals surface area contributed by atoms with E-state index in [9.17, 15) is 22.4 Å². The predicted molar refractivity (Wildman–Crippen MR) is 140 cm³/mol. The van der Waals surface area contributed by atoms with Gasteiger partial charge >= 0.3 is 5.97 Å². The van der Waals surface area contributed by atoms with E-state index in [0.29, 0.717) is 37.7 Å². The normalized spacial score (nSPS) is 17.0. The SMILES string of the molecule is CCCCOc1ccc(C(=O)Oc2ccc(C3CCC(c4ccc(OCC)c(F)c4F)CC3)c(F)c2)c(F)c1F. The average molecular weight is 563 g/mol. The first-order chi connectivity index (χ1) is 19.2. The number of rotatable bonds is 10. The Morgan fingerprint density at radius 3 is 2.00 bits per heavy atom. The van der Waals surface area contributed by atoms with Gasteiger partial charge in [0.05, 0.1) is 18.8 Å². The summed E-state index contributed by atoms with van der Waals surface area (Å²) in [5.41, 5.74) is 0.0508. The quantitative estimate of drug-likeness (QED) is 0.107. The molecule has 0 bridgehead atoms. The Morgan fingerprint density at radius 2 is 1.35 bits per heavy atom. The highest BCUT2D eigenvalue weighted by Gasteiger charge is 2.29. The first-order valence-electron chi connectivity index (χ1n) is 13.5. The third kappa shape index (κ3) is 6.40. The molecular formula is C31H31F5O4. The highest BCUT2D eigenvalue weighted by atomic mass is 19.2. The molecule has 0 spiro atoms. The summed E-state index contributed by atoms with van der Waals surface area (Å²) in [5, 5.41) is 0. The van der Waals surface area contributed by atoms with E-state index in [1.165, 1.54) is 18.2 Å². The molecule has 0 amide bonds. The molecule has 3 aromatic rings. The van der Waals surface area contributed by atoms with Crippen LogP contribution in [0.4, 0.5) is 22.0 Å². The second-order valence-corrected chi connectivity index (χ2v) is 9.78. The maximum atomic E-state index is 15.0. The number of esters is 1. The Bertz CT molecular complexity index is 1350. The van der Waals surface area contributed by atoms with Crippen LogP contribution in [-0.4, -0.2) is 19.2 Å². The van der Waals surface area contributed by atoms with Crippen molar-refractivity contribution in [3.8, 4) is 17.2 Å². The van der Waals surface area contributed by atoms with E-state index in [2.05, 4.69) is 0 Å². The lowest BCUT2D eigenvalue weighted by molar-refractivity contribution is 0.0728. The number of hydrogen-bond donors (Lipinski definition) is 0. The van der Waals surface area contributed by atoms with E-state index in [0.717, 1.165) is 24.6 Å². The molecule has 4 nitrogen and oxygen atoms in total. The summed E-state index contributed by atoms with van der Waals surface area (Å²) >= 11 is 0. The minimum Gasteiger partial charge on any atom is -0.491 e. The molecule has 1 fully saturated rings. The lowest BCUT2D eigenvalue weighted by Gasteiger charge is -2.29. The van der Waals surface area contributed by atoms with Crippen LogP contribution in [0.15, 0.2) is 42.5 Å². The van der Waals surface area contributed by atoms with Crippen LogP contribution in [0, 0.1) is 29.1 Å². The van der Waals surface area contributed by atoms with E-state index in [4.69, 9.17) is 14.2 Å². The Labute approximate surface area is 230 Å². The zero-order chi connectivity index (χ0) is 28.8. The van der Waals surface area contributed by atoms with Gasteiger partial charge in [-0.15, -0.1) is 0 Å². The molecule has 4 rings (SSSR count). The molecule has 0 atom stereocenters. The molecule has 9 heteroatoms. The molecule has 0 unspecified atom stereocenters. The van der Waals surface area contributed by atoms with Gasteiger partial charge in [-0.2, -0.15) is 8.78 Å². The van der Waals surface area contributed by atoms with Gasteiger partial charge in [-0.3, -0.25) is 0 Å². The van der Waals surface area contributed by atoms with Crippen molar-refractivity contribution in [1.29, 1.82) is 0 Å². The number of unbranched alkanes of at least 4 members (excludes halogenated alkanes) is 1. The number of halogens is 5. The largest absolute Gasteiger partial charge is 0.491 e. The van der Waals surface area contributed by atoms with Crippen LogP contribution >= 0.6 is 0 Å². The summed E-state index contributed by atoms with van der Waals surface area (Å²) in [6.07, 6.45) is 3.64.